The number of pyridine rings is 1. The summed E-state index contributed by atoms with van der Waals surface area (Å²) in [6.45, 7) is 0. The van der Waals surface area contributed by atoms with Gasteiger partial charge in [0.15, 0.2) is 5.75 Å². The van der Waals surface area contributed by atoms with E-state index >= 15 is 0 Å². The van der Waals surface area contributed by atoms with Gasteiger partial charge in [-0.3, -0.25) is 4.98 Å². The molecule has 2 aromatic carbocycles. The summed E-state index contributed by atoms with van der Waals surface area (Å²) in [7, 11) is 0. The van der Waals surface area contributed by atoms with Gasteiger partial charge in [-0.1, -0.05) is 12.1 Å². The quantitative estimate of drug-likeness (QED) is 0.708. The highest BCUT2D eigenvalue weighted by molar-refractivity contribution is 9.10. The maximum Gasteiger partial charge on any atom is 0.153 e. The van der Waals surface area contributed by atoms with Crippen molar-refractivity contribution in [2.75, 3.05) is 5.73 Å². The van der Waals surface area contributed by atoms with Crippen molar-refractivity contribution in [2.45, 2.75) is 0 Å². The maximum absolute atomic E-state index is 9.12. The number of aromatic nitrogens is 1. The van der Waals surface area contributed by atoms with Gasteiger partial charge in [0, 0.05) is 21.7 Å². The molecule has 3 aromatic rings. The second-order valence-corrected chi connectivity index (χ2v) is 5.33. The van der Waals surface area contributed by atoms with Crippen molar-refractivity contribution in [2.24, 2.45) is 0 Å². The molecule has 1 heterocycles. The van der Waals surface area contributed by atoms with Crippen LogP contribution in [-0.4, -0.2) is 4.98 Å². The lowest BCUT2D eigenvalue weighted by atomic mass is 10.1. The number of ether oxygens (including phenoxy) is 1. The Morgan fingerprint density at radius 1 is 1.14 bits per heavy atom. The SMILES string of the molecule is N#Cc1ccccc1Oc1ccc(N)c2cc(Br)cnc12. The molecule has 3 rings (SSSR count). The topological polar surface area (TPSA) is 71.9 Å². The Balaban J connectivity index is 2.14. The molecular weight excluding hydrogens is 330 g/mol. The molecule has 0 bridgehead atoms. The van der Waals surface area contributed by atoms with Gasteiger partial charge in [-0.2, -0.15) is 5.26 Å². The highest BCUT2D eigenvalue weighted by atomic mass is 79.9. The van der Waals surface area contributed by atoms with Crippen molar-refractivity contribution in [3.05, 3.63) is 58.7 Å². The molecule has 0 radical (unpaired) electrons. The predicted octanol–water partition coefficient (Wildman–Crippen LogP) is 4.24. The first-order valence-corrected chi connectivity index (χ1v) is 6.99. The Labute approximate surface area is 129 Å². The van der Waals surface area contributed by atoms with Crippen LogP contribution in [0.25, 0.3) is 10.9 Å². The standard InChI is InChI=1S/C16H10BrN3O/c17-11-7-12-13(19)5-6-15(16(12)20-9-11)21-14-4-2-1-3-10(14)8-18/h1-7,9H,19H2. The lowest BCUT2D eigenvalue weighted by molar-refractivity contribution is 0.485. The first-order valence-electron chi connectivity index (χ1n) is 6.20. The first kappa shape index (κ1) is 13.4. The van der Waals surface area contributed by atoms with E-state index in [4.69, 9.17) is 15.7 Å². The van der Waals surface area contributed by atoms with Crippen LogP contribution in [0.15, 0.2) is 53.1 Å². The summed E-state index contributed by atoms with van der Waals surface area (Å²) >= 11 is 3.38. The Hall–Kier alpha value is -2.58. The van der Waals surface area contributed by atoms with Crippen molar-refractivity contribution in [3.63, 3.8) is 0 Å². The van der Waals surface area contributed by atoms with Crippen LogP contribution in [-0.2, 0) is 0 Å². The molecule has 0 unspecified atom stereocenters. The van der Waals surface area contributed by atoms with E-state index in [0.717, 1.165) is 9.86 Å². The van der Waals surface area contributed by atoms with Crippen molar-refractivity contribution >= 4 is 32.5 Å². The minimum atomic E-state index is 0.472. The van der Waals surface area contributed by atoms with E-state index in [1.54, 1.807) is 36.5 Å². The van der Waals surface area contributed by atoms with Gasteiger partial charge in [0.2, 0.25) is 0 Å². The number of rotatable bonds is 2. The number of hydrogen-bond acceptors (Lipinski definition) is 4. The smallest absolute Gasteiger partial charge is 0.153 e. The summed E-state index contributed by atoms with van der Waals surface area (Å²) in [4.78, 5) is 4.36. The molecule has 0 atom stereocenters. The summed E-state index contributed by atoms with van der Waals surface area (Å²) < 4.78 is 6.70. The molecule has 4 nitrogen and oxygen atoms in total. The maximum atomic E-state index is 9.12. The van der Waals surface area contributed by atoms with Crippen LogP contribution < -0.4 is 10.5 Å². The lowest BCUT2D eigenvalue weighted by Gasteiger charge is -2.11. The normalized spacial score (nSPS) is 10.3. The first-order chi connectivity index (χ1) is 10.2. The molecule has 0 amide bonds. The van der Waals surface area contributed by atoms with Crippen molar-refractivity contribution < 1.29 is 4.74 Å². The van der Waals surface area contributed by atoms with Crippen LogP contribution in [0, 0.1) is 11.3 Å². The molecule has 1 aromatic heterocycles. The molecular formula is C16H10BrN3O. The number of fused-ring (bicyclic) bond motifs is 1. The van der Waals surface area contributed by atoms with E-state index in [9.17, 15) is 0 Å². The zero-order valence-corrected chi connectivity index (χ0v) is 12.5. The Kier molecular flexibility index (Phi) is 3.46. The minimum absolute atomic E-state index is 0.472. The van der Waals surface area contributed by atoms with Crippen molar-refractivity contribution in [1.29, 1.82) is 5.26 Å². The number of nitrogens with zero attached hydrogens (tertiary/aromatic N) is 2. The Morgan fingerprint density at radius 2 is 1.95 bits per heavy atom. The van der Waals surface area contributed by atoms with Crippen molar-refractivity contribution in [3.8, 4) is 17.6 Å². The highest BCUT2D eigenvalue weighted by Gasteiger charge is 2.10. The monoisotopic (exact) mass is 339 g/mol. The van der Waals surface area contributed by atoms with E-state index in [2.05, 4.69) is 27.0 Å². The molecule has 0 saturated heterocycles. The van der Waals surface area contributed by atoms with Gasteiger partial charge in [-0.05, 0) is 46.3 Å². The van der Waals surface area contributed by atoms with Crippen LogP contribution in [0.4, 0.5) is 5.69 Å². The number of nitrogen functional groups attached to an aromatic ring is 1. The summed E-state index contributed by atoms with van der Waals surface area (Å²) in [6.07, 6.45) is 1.69. The lowest BCUT2D eigenvalue weighted by Crippen LogP contribution is -1.94. The molecule has 0 saturated carbocycles. The highest BCUT2D eigenvalue weighted by Crippen LogP contribution is 2.34. The fourth-order valence-electron chi connectivity index (χ4n) is 2.04. The largest absolute Gasteiger partial charge is 0.454 e. The van der Waals surface area contributed by atoms with Crippen LogP contribution in [0.2, 0.25) is 0 Å². The molecule has 5 heteroatoms. The van der Waals surface area contributed by atoms with Gasteiger partial charge < -0.3 is 10.5 Å². The summed E-state index contributed by atoms with van der Waals surface area (Å²) in [5.41, 5.74) is 7.73. The number of halogens is 1. The Bertz CT molecular complexity index is 871. The van der Waals surface area contributed by atoms with Crippen molar-refractivity contribution in [1.82, 2.24) is 4.98 Å². The number of benzene rings is 2. The van der Waals surface area contributed by atoms with Crippen LogP contribution >= 0.6 is 15.9 Å². The van der Waals surface area contributed by atoms with Gasteiger partial charge in [-0.25, -0.2) is 0 Å². The number of para-hydroxylation sites is 1. The zero-order valence-electron chi connectivity index (χ0n) is 10.9. The fraction of sp³-hybridized carbons (Fsp3) is 0. The molecule has 0 spiro atoms. The number of nitrogens with two attached hydrogens (primary N) is 1. The van der Waals surface area contributed by atoms with E-state index in [-0.39, 0.29) is 0 Å². The molecule has 2 N–H and O–H groups in total. The van der Waals surface area contributed by atoms with Gasteiger partial charge in [-0.15, -0.1) is 0 Å². The Morgan fingerprint density at radius 3 is 2.76 bits per heavy atom. The van der Waals surface area contributed by atoms with E-state index < -0.39 is 0 Å². The zero-order chi connectivity index (χ0) is 14.8. The average Bonchev–Trinajstić information content (AvgIpc) is 2.51. The number of hydrogen-bond donors (Lipinski definition) is 1. The average molecular weight is 340 g/mol. The number of anilines is 1. The third kappa shape index (κ3) is 2.54. The summed E-state index contributed by atoms with van der Waals surface area (Å²) in [5.74, 6) is 1.06. The van der Waals surface area contributed by atoms with Gasteiger partial charge in [0.25, 0.3) is 0 Å². The molecule has 0 fully saturated rings. The van der Waals surface area contributed by atoms with Crippen LogP contribution in [0.5, 0.6) is 11.5 Å². The summed E-state index contributed by atoms with van der Waals surface area (Å²) in [5, 5.41) is 9.92. The fourth-order valence-corrected chi connectivity index (χ4v) is 2.37. The minimum Gasteiger partial charge on any atom is -0.454 e. The molecule has 0 aliphatic heterocycles. The van der Waals surface area contributed by atoms with E-state index in [1.807, 2.05) is 12.1 Å². The van der Waals surface area contributed by atoms with Crippen LogP contribution in [0.3, 0.4) is 0 Å². The third-order valence-electron chi connectivity index (χ3n) is 3.04. The second kappa shape index (κ2) is 5.43. The van der Waals surface area contributed by atoms with Gasteiger partial charge in [0.05, 0.1) is 5.56 Å². The molecule has 21 heavy (non-hydrogen) atoms. The molecule has 102 valence electrons. The number of nitriles is 1. The van der Waals surface area contributed by atoms with Gasteiger partial charge in [0.1, 0.15) is 17.3 Å². The van der Waals surface area contributed by atoms with E-state index in [1.165, 1.54) is 0 Å². The second-order valence-electron chi connectivity index (χ2n) is 4.41. The van der Waals surface area contributed by atoms with Crippen LogP contribution in [0.1, 0.15) is 5.56 Å². The molecule has 0 aliphatic carbocycles. The molecule has 0 aliphatic rings. The van der Waals surface area contributed by atoms with E-state index in [0.29, 0.717) is 28.3 Å². The van der Waals surface area contributed by atoms with Gasteiger partial charge >= 0.3 is 0 Å². The summed E-state index contributed by atoms with van der Waals surface area (Å²) in [6, 6.07) is 14.6. The predicted molar refractivity (Wildman–Crippen MR) is 85.1 cm³/mol. The third-order valence-corrected chi connectivity index (χ3v) is 3.47.